The first-order valence-corrected chi connectivity index (χ1v) is 8.65. The van der Waals surface area contributed by atoms with Crippen LogP contribution in [0.5, 0.6) is 0 Å². The molecule has 3 nitrogen and oxygen atoms in total. The highest BCUT2D eigenvalue weighted by molar-refractivity contribution is 6.08. The maximum atomic E-state index is 12.7. The van der Waals surface area contributed by atoms with E-state index in [-0.39, 0.29) is 18.1 Å². The van der Waals surface area contributed by atoms with E-state index in [1.165, 1.54) is 5.56 Å². The largest absolute Gasteiger partial charge is 0.289 e. The minimum absolute atomic E-state index is 0.0194. The molecule has 2 aromatic carbocycles. The predicted octanol–water partition coefficient (Wildman–Crippen LogP) is 4.01. The van der Waals surface area contributed by atoms with Crippen LogP contribution in [-0.4, -0.2) is 11.6 Å². The van der Waals surface area contributed by atoms with Gasteiger partial charge >= 0.3 is 0 Å². The number of pyridine rings is 1. The maximum Gasteiger partial charge on any atom is 0.227 e. The van der Waals surface area contributed by atoms with E-state index in [4.69, 9.17) is 0 Å². The molecule has 0 saturated carbocycles. The average molecular weight is 344 g/mol. The van der Waals surface area contributed by atoms with E-state index >= 15 is 0 Å². The van der Waals surface area contributed by atoms with Gasteiger partial charge in [-0.1, -0.05) is 36.4 Å². The Bertz CT molecular complexity index is 958. The van der Waals surface area contributed by atoms with Gasteiger partial charge in [0.25, 0.3) is 0 Å². The van der Waals surface area contributed by atoms with Crippen molar-refractivity contribution in [3.63, 3.8) is 0 Å². The van der Waals surface area contributed by atoms with Crippen molar-refractivity contribution in [2.45, 2.75) is 27.3 Å². The molecule has 0 spiro atoms. The lowest BCUT2D eigenvalue weighted by molar-refractivity contribution is -0.683. The van der Waals surface area contributed by atoms with Gasteiger partial charge in [0.1, 0.15) is 0 Å². The summed E-state index contributed by atoms with van der Waals surface area (Å²) in [5.74, 6) is 0.0480. The van der Waals surface area contributed by atoms with Gasteiger partial charge < -0.3 is 0 Å². The Morgan fingerprint density at radius 1 is 0.769 bits per heavy atom. The summed E-state index contributed by atoms with van der Waals surface area (Å²) in [6.45, 7) is 6.28. The minimum atomic E-state index is -0.0194. The average Bonchev–Trinajstić information content (AvgIpc) is 2.65. The predicted molar refractivity (Wildman–Crippen MR) is 101 cm³/mol. The molecule has 0 radical (unpaired) electrons. The monoisotopic (exact) mass is 344 g/mol. The van der Waals surface area contributed by atoms with E-state index < -0.39 is 0 Å². The molecular formula is C23H22NO2+. The molecule has 0 amide bonds. The van der Waals surface area contributed by atoms with Crippen LogP contribution in [0.1, 0.15) is 43.0 Å². The number of carbonyl (C=O) groups excluding carboxylic acids is 2. The SMILES string of the molecule is Cc1cc(C)c(C(=O)C[n+]2ccc(C(=O)c3ccccc3)cc2)cc1C. The van der Waals surface area contributed by atoms with Crippen molar-refractivity contribution in [2.24, 2.45) is 0 Å². The normalized spacial score (nSPS) is 10.6. The molecule has 0 N–H and O–H groups in total. The third-order valence-electron chi connectivity index (χ3n) is 4.66. The lowest BCUT2D eigenvalue weighted by Crippen LogP contribution is -2.37. The fourth-order valence-electron chi connectivity index (χ4n) is 2.98. The molecule has 0 unspecified atom stereocenters. The summed E-state index contributed by atoms with van der Waals surface area (Å²) in [6, 6.07) is 16.7. The summed E-state index contributed by atoms with van der Waals surface area (Å²) < 4.78 is 1.80. The molecule has 3 heteroatoms. The Balaban J connectivity index is 1.76. The summed E-state index contributed by atoms with van der Waals surface area (Å²) in [7, 11) is 0. The highest BCUT2D eigenvalue weighted by Crippen LogP contribution is 2.16. The van der Waals surface area contributed by atoms with E-state index in [1.807, 2.05) is 45.0 Å². The number of benzene rings is 2. The van der Waals surface area contributed by atoms with Crippen molar-refractivity contribution < 1.29 is 14.2 Å². The molecule has 1 aromatic heterocycles. The fourth-order valence-corrected chi connectivity index (χ4v) is 2.98. The van der Waals surface area contributed by atoms with Gasteiger partial charge in [0.05, 0.1) is 0 Å². The zero-order valence-electron chi connectivity index (χ0n) is 15.3. The first-order valence-electron chi connectivity index (χ1n) is 8.65. The van der Waals surface area contributed by atoms with Crippen molar-refractivity contribution >= 4 is 11.6 Å². The number of Topliss-reactive ketones (excluding diaryl/α,β-unsaturated/α-hetero) is 1. The molecular weight excluding hydrogens is 322 g/mol. The molecule has 0 fully saturated rings. The number of hydrogen-bond donors (Lipinski definition) is 0. The Hall–Kier alpha value is -3.07. The van der Waals surface area contributed by atoms with Crippen molar-refractivity contribution in [1.29, 1.82) is 0 Å². The summed E-state index contributed by atoms with van der Waals surface area (Å²) in [5, 5.41) is 0. The van der Waals surface area contributed by atoms with Gasteiger partial charge in [0.15, 0.2) is 18.2 Å². The second-order valence-electron chi connectivity index (χ2n) is 6.63. The Kier molecular flexibility index (Phi) is 5.08. The van der Waals surface area contributed by atoms with Crippen molar-refractivity contribution in [3.05, 3.63) is 100 Å². The number of hydrogen-bond acceptors (Lipinski definition) is 2. The van der Waals surface area contributed by atoms with Crippen LogP contribution in [0.4, 0.5) is 0 Å². The zero-order chi connectivity index (χ0) is 18.7. The number of carbonyl (C=O) groups is 2. The molecule has 3 aromatic rings. The maximum absolute atomic E-state index is 12.7. The van der Waals surface area contributed by atoms with Gasteiger partial charge in [-0.2, -0.15) is 4.57 Å². The smallest absolute Gasteiger partial charge is 0.227 e. The van der Waals surface area contributed by atoms with E-state index in [0.29, 0.717) is 11.1 Å². The molecule has 3 rings (SSSR count). The van der Waals surface area contributed by atoms with E-state index in [2.05, 4.69) is 6.07 Å². The Labute approximate surface area is 153 Å². The molecule has 0 aliphatic carbocycles. The van der Waals surface area contributed by atoms with Gasteiger partial charge in [-0.3, -0.25) is 9.59 Å². The third kappa shape index (κ3) is 3.77. The van der Waals surface area contributed by atoms with Gasteiger partial charge in [-0.15, -0.1) is 0 Å². The molecule has 0 aliphatic heterocycles. The quantitative estimate of drug-likeness (QED) is 0.518. The molecule has 130 valence electrons. The van der Waals surface area contributed by atoms with Crippen LogP contribution < -0.4 is 4.57 Å². The molecule has 0 aliphatic rings. The van der Waals surface area contributed by atoms with Gasteiger partial charge in [-0.25, -0.2) is 0 Å². The van der Waals surface area contributed by atoms with Crippen molar-refractivity contribution in [3.8, 4) is 0 Å². The van der Waals surface area contributed by atoms with Crippen LogP contribution in [0, 0.1) is 20.8 Å². The Morgan fingerprint density at radius 2 is 1.35 bits per heavy atom. The lowest BCUT2D eigenvalue weighted by Gasteiger charge is -2.07. The zero-order valence-corrected chi connectivity index (χ0v) is 15.3. The van der Waals surface area contributed by atoms with E-state index in [9.17, 15) is 9.59 Å². The summed E-state index contributed by atoms with van der Waals surface area (Å²) in [6.07, 6.45) is 3.56. The van der Waals surface area contributed by atoms with Gasteiger partial charge in [0, 0.05) is 28.8 Å². The number of nitrogens with zero attached hydrogens (tertiary/aromatic N) is 1. The van der Waals surface area contributed by atoms with Gasteiger partial charge in [-0.05, 0) is 43.5 Å². The highest BCUT2D eigenvalue weighted by atomic mass is 16.1. The number of aromatic nitrogens is 1. The van der Waals surface area contributed by atoms with Gasteiger partial charge in [0.2, 0.25) is 12.3 Å². The second-order valence-corrected chi connectivity index (χ2v) is 6.63. The van der Waals surface area contributed by atoms with E-state index in [0.717, 1.165) is 16.7 Å². The first-order chi connectivity index (χ1) is 12.5. The van der Waals surface area contributed by atoms with E-state index in [1.54, 1.807) is 41.2 Å². The lowest BCUT2D eigenvalue weighted by atomic mass is 9.98. The van der Waals surface area contributed by atoms with Crippen LogP contribution in [0.15, 0.2) is 67.0 Å². The molecule has 0 atom stereocenters. The second kappa shape index (κ2) is 7.44. The minimum Gasteiger partial charge on any atom is -0.289 e. The van der Waals surface area contributed by atoms with Crippen LogP contribution in [0.2, 0.25) is 0 Å². The number of ketones is 2. The summed E-state index contributed by atoms with van der Waals surface area (Å²) in [4.78, 5) is 25.1. The van der Waals surface area contributed by atoms with Crippen LogP contribution >= 0.6 is 0 Å². The highest BCUT2D eigenvalue weighted by Gasteiger charge is 2.16. The number of rotatable bonds is 5. The Morgan fingerprint density at radius 3 is 2.00 bits per heavy atom. The van der Waals surface area contributed by atoms with Crippen LogP contribution in [0.25, 0.3) is 0 Å². The summed E-state index contributed by atoms with van der Waals surface area (Å²) in [5.41, 5.74) is 5.33. The van der Waals surface area contributed by atoms with Crippen LogP contribution in [0.3, 0.4) is 0 Å². The molecule has 0 saturated heterocycles. The first kappa shape index (κ1) is 17.7. The molecule has 26 heavy (non-hydrogen) atoms. The molecule has 1 heterocycles. The summed E-state index contributed by atoms with van der Waals surface area (Å²) >= 11 is 0. The topological polar surface area (TPSA) is 38.0 Å². The number of aryl methyl sites for hydroxylation is 3. The van der Waals surface area contributed by atoms with Crippen LogP contribution in [-0.2, 0) is 6.54 Å². The fraction of sp³-hybridized carbons (Fsp3) is 0.174. The molecule has 0 bridgehead atoms. The standard InChI is InChI=1S/C23H22NO2/c1-16-13-18(3)21(14-17(16)2)22(25)15-24-11-9-20(10-12-24)23(26)19-7-5-4-6-8-19/h4-14H,15H2,1-3H3/q+1. The third-order valence-corrected chi connectivity index (χ3v) is 4.66. The van der Waals surface area contributed by atoms with Crippen molar-refractivity contribution in [1.82, 2.24) is 0 Å². The van der Waals surface area contributed by atoms with Crippen molar-refractivity contribution in [2.75, 3.05) is 0 Å².